The van der Waals surface area contributed by atoms with Crippen LogP contribution in [0.15, 0.2) is 17.2 Å². The van der Waals surface area contributed by atoms with Crippen LogP contribution in [0.5, 0.6) is 0 Å². The van der Waals surface area contributed by atoms with Gasteiger partial charge in [-0.25, -0.2) is 0 Å². The van der Waals surface area contributed by atoms with Gasteiger partial charge >= 0.3 is 0 Å². The lowest BCUT2D eigenvalue weighted by Crippen LogP contribution is -2.10. The van der Waals surface area contributed by atoms with Crippen molar-refractivity contribution >= 4 is 23.5 Å². The number of rotatable bonds is 0. The summed E-state index contributed by atoms with van der Waals surface area (Å²) in [6, 6.07) is 0. The van der Waals surface area contributed by atoms with Crippen molar-refractivity contribution in [1.82, 2.24) is 30.4 Å². The average molecular weight is 275 g/mol. The van der Waals surface area contributed by atoms with Crippen LogP contribution in [0, 0.1) is 0 Å². The Morgan fingerprint density at radius 3 is 2.06 bits per heavy atom. The summed E-state index contributed by atoms with van der Waals surface area (Å²) in [6.07, 6.45) is 2.37. The van der Waals surface area contributed by atoms with Gasteiger partial charge in [-0.15, -0.1) is 15.3 Å². The van der Waals surface area contributed by atoms with Crippen molar-refractivity contribution in [3.63, 3.8) is 0 Å². The van der Waals surface area contributed by atoms with Crippen molar-refractivity contribution in [2.24, 2.45) is 0 Å². The van der Waals surface area contributed by atoms with E-state index in [-0.39, 0.29) is 37.5 Å². The average Bonchev–Trinajstić information content (AvgIpc) is 2.17. The zero-order valence-corrected chi connectivity index (χ0v) is 8.59. The summed E-state index contributed by atoms with van der Waals surface area (Å²) in [5.41, 5.74) is 9.78. The lowest BCUT2D eigenvalue weighted by atomic mass is 10.8. The number of halogens is 1. The number of hydrogen-bond donors (Lipinski definition) is 3. The van der Waals surface area contributed by atoms with E-state index in [4.69, 9.17) is 23.1 Å². The molecule has 0 saturated carbocycles. The molecule has 5 N–H and O–H groups in total. The molecule has 2 aromatic heterocycles. The SMILES string of the molecule is C.C.Nc1nncc(=O)[nH]1.Nc1nncc(Cl)n1. The monoisotopic (exact) mass is 274 g/mol. The van der Waals surface area contributed by atoms with Crippen molar-refractivity contribution in [2.45, 2.75) is 14.9 Å². The van der Waals surface area contributed by atoms with E-state index in [0.29, 0.717) is 0 Å². The topological polar surface area (TPSA) is 149 Å². The Hall–Kier alpha value is -2.29. The summed E-state index contributed by atoms with van der Waals surface area (Å²) in [5.74, 6) is 0.134. The highest BCUT2D eigenvalue weighted by Gasteiger charge is 1.88. The van der Waals surface area contributed by atoms with E-state index in [9.17, 15) is 4.79 Å². The molecule has 2 heterocycles. The third-order valence-electron chi connectivity index (χ3n) is 1.14. The van der Waals surface area contributed by atoms with Gasteiger partial charge in [-0.05, 0) is 0 Å². The second-order valence-electron chi connectivity index (χ2n) is 2.36. The van der Waals surface area contributed by atoms with Gasteiger partial charge in [-0.3, -0.25) is 9.78 Å². The Bertz CT molecular complexity index is 499. The van der Waals surface area contributed by atoms with Crippen LogP contribution in [0.4, 0.5) is 11.9 Å². The van der Waals surface area contributed by atoms with E-state index in [1.807, 2.05) is 0 Å². The highest BCUT2D eigenvalue weighted by atomic mass is 35.5. The molecule has 0 amide bonds. The Balaban J connectivity index is 0. The van der Waals surface area contributed by atoms with Gasteiger partial charge in [-0.2, -0.15) is 10.1 Å². The quantitative estimate of drug-likeness (QED) is 0.613. The minimum absolute atomic E-state index is 0. The Labute approximate surface area is 109 Å². The van der Waals surface area contributed by atoms with Gasteiger partial charge in [0.25, 0.3) is 5.56 Å². The first-order chi connectivity index (χ1) is 7.58. The predicted octanol–water partition coefficient (Wildman–Crippen LogP) is 0.127. The number of nitrogen functional groups attached to an aromatic ring is 2. The fourth-order valence-electron chi connectivity index (χ4n) is 0.623. The smallest absolute Gasteiger partial charge is 0.271 e. The summed E-state index contributed by atoms with van der Waals surface area (Å²) in [5, 5.41) is 13.6. The van der Waals surface area contributed by atoms with Crippen LogP contribution in [0.3, 0.4) is 0 Å². The van der Waals surface area contributed by atoms with Crippen molar-refractivity contribution < 1.29 is 0 Å². The summed E-state index contributed by atoms with van der Waals surface area (Å²) in [4.78, 5) is 16.0. The molecule has 0 bridgehead atoms. The fraction of sp³-hybridized carbons (Fsp3) is 0.250. The molecule has 100 valence electrons. The highest BCUT2D eigenvalue weighted by Crippen LogP contribution is 1.98. The lowest BCUT2D eigenvalue weighted by Gasteiger charge is -1.85. The van der Waals surface area contributed by atoms with Gasteiger partial charge in [0, 0.05) is 0 Å². The molecule has 0 aliphatic rings. The summed E-state index contributed by atoms with van der Waals surface area (Å²) < 4.78 is 0. The molecule has 0 unspecified atom stereocenters. The number of aromatic amines is 1. The first-order valence-electron chi connectivity index (χ1n) is 3.86. The lowest BCUT2D eigenvalue weighted by molar-refractivity contribution is 0.960. The molecule has 0 saturated heterocycles. The largest absolute Gasteiger partial charge is 0.368 e. The maximum Gasteiger partial charge on any atom is 0.271 e. The minimum Gasteiger partial charge on any atom is -0.368 e. The second-order valence-corrected chi connectivity index (χ2v) is 2.74. The summed E-state index contributed by atoms with van der Waals surface area (Å²) in [6.45, 7) is 0. The Morgan fingerprint density at radius 1 is 1.11 bits per heavy atom. The van der Waals surface area contributed by atoms with Gasteiger partial charge in [0.05, 0.1) is 6.20 Å². The molecule has 0 radical (unpaired) electrons. The van der Waals surface area contributed by atoms with Crippen LogP contribution in [0.2, 0.25) is 5.15 Å². The van der Waals surface area contributed by atoms with E-state index in [1.54, 1.807) is 0 Å². The third-order valence-corrected chi connectivity index (χ3v) is 1.32. The van der Waals surface area contributed by atoms with Crippen LogP contribution >= 0.6 is 11.6 Å². The van der Waals surface area contributed by atoms with Gasteiger partial charge in [0.15, 0.2) is 5.15 Å². The van der Waals surface area contributed by atoms with Crippen LogP contribution in [0.1, 0.15) is 14.9 Å². The van der Waals surface area contributed by atoms with E-state index in [0.717, 1.165) is 6.20 Å². The van der Waals surface area contributed by atoms with Crippen LogP contribution in [0.25, 0.3) is 0 Å². The van der Waals surface area contributed by atoms with Gasteiger partial charge in [0.2, 0.25) is 11.9 Å². The summed E-state index contributed by atoms with van der Waals surface area (Å²) >= 11 is 5.35. The zero-order chi connectivity index (χ0) is 12.0. The van der Waals surface area contributed by atoms with Crippen LogP contribution in [-0.4, -0.2) is 30.4 Å². The highest BCUT2D eigenvalue weighted by molar-refractivity contribution is 6.29. The molecule has 18 heavy (non-hydrogen) atoms. The summed E-state index contributed by atoms with van der Waals surface area (Å²) in [7, 11) is 0. The van der Waals surface area contributed by atoms with E-state index in [2.05, 4.69) is 30.4 Å². The number of nitrogens with zero attached hydrogens (tertiary/aromatic N) is 5. The molecule has 0 aromatic carbocycles. The number of anilines is 2. The molecule has 10 heteroatoms. The number of hydrogen-bond acceptors (Lipinski definition) is 8. The third kappa shape index (κ3) is 7.06. The zero-order valence-electron chi connectivity index (χ0n) is 7.83. The number of H-pyrrole nitrogens is 1. The molecular formula is C8H15ClN8O. The molecule has 0 aliphatic heterocycles. The number of nitrogens with two attached hydrogens (primary N) is 2. The predicted molar refractivity (Wildman–Crippen MR) is 69.8 cm³/mol. The molecule has 2 rings (SSSR count). The number of nitrogens with one attached hydrogen (secondary N) is 1. The first kappa shape index (κ1) is 18.1. The Morgan fingerprint density at radius 2 is 1.72 bits per heavy atom. The molecule has 0 spiro atoms. The molecule has 0 fully saturated rings. The van der Waals surface area contributed by atoms with Crippen molar-refractivity contribution in [1.29, 1.82) is 0 Å². The maximum atomic E-state index is 10.3. The van der Waals surface area contributed by atoms with Crippen molar-refractivity contribution in [2.75, 3.05) is 11.5 Å². The molecule has 2 aromatic rings. The van der Waals surface area contributed by atoms with E-state index < -0.39 is 0 Å². The maximum absolute atomic E-state index is 10.3. The van der Waals surface area contributed by atoms with Crippen molar-refractivity contribution in [3.8, 4) is 0 Å². The normalized spacial score (nSPS) is 8.06. The molecular weight excluding hydrogens is 260 g/mol. The van der Waals surface area contributed by atoms with Gasteiger partial charge < -0.3 is 11.5 Å². The standard InChI is InChI=1S/C3H3ClN4.C3H4N4O.2CH4/c4-2-1-6-8-3(5)7-2;4-3-6-2(8)1-5-7-3;;/h1H,(H2,5,7,8);1H,(H3,4,6,7,8);2*1H4. The van der Waals surface area contributed by atoms with Gasteiger partial charge in [0.1, 0.15) is 6.20 Å². The number of aromatic nitrogens is 6. The molecule has 0 aliphatic carbocycles. The molecule has 0 atom stereocenters. The van der Waals surface area contributed by atoms with Crippen LogP contribution < -0.4 is 17.0 Å². The minimum atomic E-state index is -0.336. The van der Waals surface area contributed by atoms with Gasteiger partial charge in [-0.1, -0.05) is 26.5 Å². The van der Waals surface area contributed by atoms with Crippen molar-refractivity contribution in [3.05, 3.63) is 27.9 Å². The fourth-order valence-corrected chi connectivity index (χ4v) is 0.754. The Kier molecular flexibility index (Phi) is 8.86. The first-order valence-corrected chi connectivity index (χ1v) is 4.24. The second kappa shape index (κ2) is 8.82. The van der Waals surface area contributed by atoms with E-state index in [1.165, 1.54) is 6.20 Å². The molecule has 9 nitrogen and oxygen atoms in total. The van der Waals surface area contributed by atoms with Crippen LogP contribution in [-0.2, 0) is 0 Å². The van der Waals surface area contributed by atoms with E-state index >= 15 is 0 Å².